The Morgan fingerprint density at radius 3 is 2.56 bits per heavy atom. The third-order valence-corrected chi connectivity index (χ3v) is 1.45. The highest BCUT2D eigenvalue weighted by molar-refractivity contribution is 6.01. The van der Waals surface area contributed by atoms with Crippen molar-refractivity contribution < 1.29 is 5.73 Å². The number of rotatable bonds is 0. The van der Waals surface area contributed by atoms with Gasteiger partial charge in [-0.15, -0.1) is 0 Å². The van der Waals surface area contributed by atoms with Crippen molar-refractivity contribution in [2.24, 2.45) is 0 Å². The lowest BCUT2D eigenvalue weighted by atomic mass is 9.93. The zero-order chi connectivity index (χ0) is 6.91. The van der Waals surface area contributed by atoms with Gasteiger partial charge in [0, 0.05) is 6.92 Å². The van der Waals surface area contributed by atoms with E-state index in [1.165, 1.54) is 0 Å². The van der Waals surface area contributed by atoms with E-state index in [0.717, 1.165) is 0 Å². The molecule has 1 aliphatic carbocycles. The van der Waals surface area contributed by atoms with Crippen molar-refractivity contribution in [3.8, 4) is 0 Å². The first-order valence-corrected chi connectivity index (χ1v) is 2.93. The quantitative estimate of drug-likeness (QED) is 0.460. The van der Waals surface area contributed by atoms with E-state index in [-0.39, 0.29) is 5.54 Å². The van der Waals surface area contributed by atoms with Crippen molar-refractivity contribution >= 4 is 5.71 Å². The molecule has 0 spiro atoms. The zero-order valence-corrected chi connectivity index (χ0v) is 5.52. The van der Waals surface area contributed by atoms with E-state index in [4.69, 9.17) is 5.41 Å². The molecule has 4 N–H and O–H groups in total. The fourth-order valence-electron chi connectivity index (χ4n) is 0.700. The van der Waals surface area contributed by atoms with E-state index < -0.39 is 0 Å². The first-order chi connectivity index (χ1) is 4.13. The summed E-state index contributed by atoms with van der Waals surface area (Å²) in [6.07, 6.45) is 7.47. The van der Waals surface area contributed by atoms with Crippen LogP contribution in [-0.2, 0) is 0 Å². The fraction of sp³-hybridized carbons (Fsp3) is 0.286. The summed E-state index contributed by atoms with van der Waals surface area (Å²) in [4.78, 5) is 0. The van der Waals surface area contributed by atoms with Gasteiger partial charge in [-0.3, -0.25) is 5.41 Å². The number of hydrogen-bond donors (Lipinski definition) is 2. The van der Waals surface area contributed by atoms with Crippen LogP contribution < -0.4 is 5.73 Å². The van der Waals surface area contributed by atoms with Gasteiger partial charge in [-0.05, 0) is 12.2 Å². The fourth-order valence-corrected chi connectivity index (χ4v) is 0.700. The van der Waals surface area contributed by atoms with Crippen molar-refractivity contribution in [2.75, 3.05) is 0 Å². The monoisotopic (exact) mass is 123 g/mol. The van der Waals surface area contributed by atoms with Crippen molar-refractivity contribution in [1.82, 2.24) is 0 Å². The van der Waals surface area contributed by atoms with Crippen LogP contribution in [0.4, 0.5) is 0 Å². The molecule has 0 fully saturated rings. The topological polar surface area (TPSA) is 51.5 Å². The second kappa shape index (κ2) is 1.81. The molecule has 0 aromatic rings. The molecule has 1 atom stereocenters. The Kier molecular flexibility index (Phi) is 1.25. The average Bonchev–Trinajstić information content (AvgIpc) is 1.77. The predicted octanol–water partition coefficient (Wildman–Crippen LogP) is 0.133. The van der Waals surface area contributed by atoms with Crippen LogP contribution in [0.3, 0.4) is 0 Å². The van der Waals surface area contributed by atoms with Gasteiger partial charge in [0.25, 0.3) is 0 Å². The summed E-state index contributed by atoms with van der Waals surface area (Å²) in [5.41, 5.74) is 4.13. The molecule has 0 aliphatic heterocycles. The van der Waals surface area contributed by atoms with Crippen LogP contribution >= 0.6 is 0 Å². The van der Waals surface area contributed by atoms with Gasteiger partial charge >= 0.3 is 0 Å². The van der Waals surface area contributed by atoms with Crippen LogP contribution in [0, 0.1) is 5.41 Å². The summed E-state index contributed by atoms with van der Waals surface area (Å²) in [6, 6.07) is 0. The molecule has 2 heteroatoms. The Bertz CT molecular complexity index is 187. The zero-order valence-electron chi connectivity index (χ0n) is 5.52. The maximum Gasteiger partial charge on any atom is 0.153 e. The molecule has 1 aliphatic rings. The van der Waals surface area contributed by atoms with E-state index in [0.29, 0.717) is 5.71 Å². The van der Waals surface area contributed by atoms with Gasteiger partial charge in [-0.25, -0.2) is 0 Å². The van der Waals surface area contributed by atoms with Crippen molar-refractivity contribution in [2.45, 2.75) is 12.5 Å². The SMILES string of the molecule is CC1([NH3+])C=CC=CC1=N. The second-order valence-corrected chi connectivity index (χ2v) is 2.55. The Hall–Kier alpha value is -0.890. The van der Waals surface area contributed by atoms with Gasteiger partial charge in [0.05, 0.1) is 5.71 Å². The van der Waals surface area contributed by atoms with E-state index in [1.54, 1.807) is 6.08 Å². The van der Waals surface area contributed by atoms with Gasteiger partial charge in [0.2, 0.25) is 0 Å². The van der Waals surface area contributed by atoms with Crippen LogP contribution in [0.1, 0.15) is 6.92 Å². The molecule has 2 nitrogen and oxygen atoms in total. The number of allylic oxidation sites excluding steroid dienone is 2. The van der Waals surface area contributed by atoms with E-state index in [9.17, 15) is 0 Å². The Balaban J connectivity index is 2.91. The third-order valence-electron chi connectivity index (χ3n) is 1.45. The van der Waals surface area contributed by atoms with Crippen molar-refractivity contribution in [1.29, 1.82) is 5.41 Å². The number of hydrogen-bond acceptors (Lipinski definition) is 1. The smallest absolute Gasteiger partial charge is 0.153 e. The molecule has 1 rings (SSSR count). The first-order valence-electron chi connectivity index (χ1n) is 2.93. The van der Waals surface area contributed by atoms with Crippen LogP contribution in [-0.4, -0.2) is 11.3 Å². The lowest BCUT2D eigenvalue weighted by Gasteiger charge is -2.16. The molecule has 9 heavy (non-hydrogen) atoms. The maximum atomic E-state index is 7.39. The average molecular weight is 123 g/mol. The van der Waals surface area contributed by atoms with E-state index in [1.807, 2.05) is 25.2 Å². The van der Waals surface area contributed by atoms with Gasteiger partial charge < -0.3 is 5.73 Å². The summed E-state index contributed by atoms with van der Waals surface area (Å²) < 4.78 is 0. The molecule has 0 saturated heterocycles. The van der Waals surface area contributed by atoms with Gasteiger partial charge in [-0.2, -0.15) is 0 Å². The highest BCUT2D eigenvalue weighted by atomic mass is 14.7. The summed E-state index contributed by atoms with van der Waals surface area (Å²) in [5.74, 6) is 0. The normalized spacial score (nSPS) is 33.3. The highest BCUT2D eigenvalue weighted by Gasteiger charge is 2.24. The Labute approximate surface area is 54.6 Å². The highest BCUT2D eigenvalue weighted by Crippen LogP contribution is 2.06. The molecule has 0 saturated carbocycles. The minimum absolute atomic E-state index is 0.297. The number of quaternary nitrogens is 1. The molecule has 0 radical (unpaired) electrons. The molecule has 1 unspecified atom stereocenters. The molecule has 48 valence electrons. The Morgan fingerprint density at radius 2 is 2.22 bits per heavy atom. The van der Waals surface area contributed by atoms with Gasteiger partial charge in [0.15, 0.2) is 5.54 Å². The van der Waals surface area contributed by atoms with Gasteiger partial charge in [-0.1, -0.05) is 12.2 Å². The van der Waals surface area contributed by atoms with E-state index in [2.05, 4.69) is 5.73 Å². The maximum absolute atomic E-state index is 7.39. The minimum Gasteiger partial charge on any atom is -0.345 e. The van der Waals surface area contributed by atoms with Crippen molar-refractivity contribution in [3.05, 3.63) is 24.3 Å². The van der Waals surface area contributed by atoms with Crippen LogP contribution in [0.5, 0.6) is 0 Å². The van der Waals surface area contributed by atoms with E-state index >= 15 is 0 Å². The summed E-state index contributed by atoms with van der Waals surface area (Å²) in [6.45, 7) is 1.93. The molecule has 0 bridgehead atoms. The van der Waals surface area contributed by atoms with Crippen LogP contribution in [0.15, 0.2) is 24.3 Å². The molecular weight excluding hydrogens is 112 g/mol. The molecule has 0 aromatic heterocycles. The largest absolute Gasteiger partial charge is 0.345 e. The Morgan fingerprint density at radius 1 is 1.56 bits per heavy atom. The summed E-state index contributed by atoms with van der Waals surface area (Å²) in [5, 5.41) is 7.39. The molecular formula is C7H11N2+. The lowest BCUT2D eigenvalue weighted by molar-refractivity contribution is -0.425. The van der Waals surface area contributed by atoms with Gasteiger partial charge in [0.1, 0.15) is 0 Å². The predicted molar refractivity (Wildman–Crippen MR) is 37.3 cm³/mol. The second-order valence-electron chi connectivity index (χ2n) is 2.55. The molecule has 0 amide bonds. The lowest BCUT2D eigenvalue weighted by Crippen LogP contribution is -2.73. The van der Waals surface area contributed by atoms with Crippen molar-refractivity contribution in [3.63, 3.8) is 0 Å². The molecule has 0 aromatic carbocycles. The standard InChI is InChI=1S/C7H10N2/c1-7(9)5-3-2-4-6(7)8/h2-5,8H,9H2,1H3/p+1. The summed E-state index contributed by atoms with van der Waals surface area (Å²) >= 11 is 0. The number of nitrogens with one attached hydrogen (secondary N) is 1. The van der Waals surface area contributed by atoms with Crippen LogP contribution in [0.2, 0.25) is 0 Å². The first kappa shape index (κ1) is 6.23. The summed E-state index contributed by atoms with van der Waals surface area (Å²) in [7, 11) is 0. The molecule has 0 heterocycles. The van der Waals surface area contributed by atoms with Crippen LogP contribution in [0.25, 0.3) is 0 Å². The third kappa shape index (κ3) is 1.08. The minimum atomic E-state index is -0.297.